The number of aliphatic hydroxyl groups excluding tert-OH is 1. The Morgan fingerprint density at radius 3 is 2.35 bits per heavy atom. The third-order valence-electron chi connectivity index (χ3n) is 12.5. The molecule has 8 rings (SSSR count). The Kier molecular flexibility index (Phi) is 14.7. The molecule has 2 saturated heterocycles. The van der Waals surface area contributed by atoms with E-state index in [0.29, 0.717) is 95.5 Å². The van der Waals surface area contributed by atoms with Crippen molar-refractivity contribution in [1.82, 2.24) is 28.3 Å². The van der Waals surface area contributed by atoms with Gasteiger partial charge in [-0.1, -0.05) is 48.5 Å². The van der Waals surface area contributed by atoms with Gasteiger partial charge in [-0.2, -0.15) is 22.1 Å². The van der Waals surface area contributed by atoms with E-state index in [2.05, 4.69) is 56.7 Å². The van der Waals surface area contributed by atoms with Crippen molar-refractivity contribution in [2.24, 2.45) is 0 Å². The summed E-state index contributed by atoms with van der Waals surface area (Å²) < 4.78 is 54.6. The minimum Gasteiger partial charge on any atom is -0.493 e. The van der Waals surface area contributed by atoms with Gasteiger partial charge in [0.15, 0.2) is 0 Å². The van der Waals surface area contributed by atoms with Gasteiger partial charge in [-0.15, -0.1) is 0 Å². The largest absolute Gasteiger partial charge is 0.493 e. The summed E-state index contributed by atoms with van der Waals surface area (Å²) >= 11 is 0. The van der Waals surface area contributed by atoms with Gasteiger partial charge < -0.3 is 33.5 Å². The highest BCUT2D eigenvalue weighted by atomic mass is 32.2. The Labute approximate surface area is 381 Å². The smallest absolute Gasteiger partial charge is 0.355 e. The molecule has 2 aromatic heterocycles. The van der Waals surface area contributed by atoms with Crippen molar-refractivity contribution in [2.75, 3.05) is 97.8 Å². The highest BCUT2D eigenvalue weighted by molar-refractivity contribution is 7.86. The first-order chi connectivity index (χ1) is 31.6. The van der Waals surface area contributed by atoms with Crippen LogP contribution in [0.15, 0.2) is 78.9 Å². The molecule has 15 nitrogen and oxygen atoms in total. The maximum atomic E-state index is 14.3. The summed E-state index contributed by atoms with van der Waals surface area (Å²) in [6, 6.07) is 26.3. The fourth-order valence-electron chi connectivity index (χ4n) is 9.09. The van der Waals surface area contributed by atoms with E-state index in [1.807, 2.05) is 55.5 Å². The van der Waals surface area contributed by atoms with Gasteiger partial charge in [0.1, 0.15) is 29.5 Å². The van der Waals surface area contributed by atoms with E-state index >= 15 is 0 Å². The van der Waals surface area contributed by atoms with Crippen molar-refractivity contribution in [1.29, 1.82) is 0 Å². The number of piperazine rings is 1. The van der Waals surface area contributed by atoms with Crippen molar-refractivity contribution in [3.05, 3.63) is 107 Å². The maximum absolute atomic E-state index is 14.3. The summed E-state index contributed by atoms with van der Waals surface area (Å²) in [5.41, 5.74) is 7.56. The number of rotatable bonds is 19. The van der Waals surface area contributed by atoms with Crippen molar-refractivity contribution in [3.63, 3.8) is 0 Å². The Balaban J connectivity index is 1.11. The number of aromatic nitrogens is 3. The third kappa shape index (κ3) is 10.0. The second kappa shape index (κ2) is 20.8. The van der Waals surface area contributed by atoms with Crippen LogP contribution < -0.4 is 14.4 Å². The number of H-pyrrole nitrogens is 1. The molecule has 16 heteroatoms. The third-order valence-corrected chi connectivity index (χ3v) is 14.4. The number of benzene rings is 4. The first-order valence-electron chi connectivity index (χ1n) is 22.6. The molecule has 0 bridgehead atoms. The number of carbonyl (C=O) groups excluding carboxylic acids is 1. The Bertz CT molecular complexity index is 2680. The van der Waals surface area contributed by atoms with Gasteiger partial charge in [0, 0.05) is 113 Å². The van der Waals surface area contributed by atoms with Gasteiger partial charge >= 0.3 is 5.97 Å². The fraction of sp³-hybridized carbons (Fsp3) is 0.429. The molecule has 4 heterocycles. The van der Waals surface area contributed by atoms with Crippen molar-refractivity contribution in [2.45, 2.75) is 46.3 Å². The summed E-state index contributed by atoms with van der Waals surface area (Å²) in [5, 5.41) is 21.5. The molecule has 0 atom stereocenters. The van der Waals surface area contributed by atoms with Crippen LogP contribution in [0.25, 0.3) is 32.8 Å². The summed E-state index contributed by atoms with van der Waals surface area (Å²) in [6.45, 7) is 10.8. The lowest BCUT2D eigenvalue weighted by atomic mass is 9.93. The zero-order chi connectivity index (χ0) is 45.5. The molecule has 346 valence electrons. The van der Waals surface area contributed by atoms with Gasteiger partial charge in [-0.05, 0) is 73.5 Å². The molecule has 2 aliphatic heterocycles. The predicted molar refractivity (Wildman–Crippen MR) is 253 cm³/mol. The zero-order valence-corrected chi connectivity index (χ0v) is 38.7. The highest BCUT2D eigenvalue weighted by Gasteiger charge is 2.31. The molecule has 0 aliphatic carbocycles. The zero-order valence-electron chi connectivity index (χ0n) is 37.9. The van der Waals surface area contributed by atoms with E-state index in [1.54, 1.807) is 14.1 Å². The number of esters is 1. The van der Waals surface area contributed by atoms with Crippen LogP contribution in [0.2, 0.25) is 0 Å². The number of hydrogen-bond donors (Lipinski definition) is 2. The summed E-state index contributed by atoms with van der Waals surface area (Å²) in [7, 11) is -0.352. The van der Waals surface area contributed by atoms with Crippen molar-refractivity contribution in [3.8, 4) is 22.6 Å². The summed E-state index contributed by atoms with van der Waals surface area (Å²) in [4.78, 5) is 18.8. The van der Waals surface area contributed by atoms with Gasteiger partial charge in [0.2, 0.25) is 0 Å². The lowest BCUT2D eigenvalue weighted by molar-refractivity contribution is 0.0359. The SMILES string of the molecule is CCOC(=O)c1c(CCCOc2cccc3ccccc23)c2ccc(C)c(-c3c(COc4ccc(N5CCN(S(=O)(=O)N(C)C)CC5)cc4)n[nH]c3CCO)c2n1CCN1CCOCC1. The number of anilines is 1. The normalized spacial score (nSPS) is 15.3. The molecule has 0 radical (unpaired) electrons. The lowest BCUT2D eigenvalue weighted by Gasteiger charge is -2.36. The van der Waals surface area contributed by atoms with E-state index in [-0.39, 0.29) is 25.8 Å². The van der Waals surface area contributed by atoms with E-state index in [0.717, 1.165) is 74.1 Å². The molecule has 2 fully saturated rings. The minimum atomic E-state index is -3.46. The molecule has 0 unspecified atom stereocenters. The lowest BCUT2D eigenvalue weighted by Crippen LogP contribution is -2.51. The molecule has 0 spiro atoms. The number of fused-ring (bicyclic) bond motifs is 2. The van der Waals surface area contributed by atoms with E-state index in [9.17, 15) is 18.3 Å². The Morgan fingerprint density at radius 1 is 0.862 bits per heavy atom. The second-order valence-electron chi connectivity index (χ2n) is 16.7. The van der Waals surface area contributed by atoms with Crippen LogP contribution in [0.5, 0.6) is 11.5 Å². The summed E-state index contributed by atoms with van der Waals surface area (Å²) in [5.74, 6) is 1.12. The minimum absolute atomic E-state index is 0.0879. The Morgan fingerprint density at radius 2 is 1.62 bits per heavy atom. The Hall–Kier alpha value is -5.49. The number of nitrogens with zero attached hydrogens (tertiary/aromatic N) is 6. The standard InChI is InChI=1S/C49H61N7O8S/c1-5-62-49(58)48-40(13-9-31-63-44-14-8-11-36-10-6-7-12-39(36)44)41-20-15-35(2)45(47(41)56(48)27-22-53-28-32-61-33-29-53)46-42(21-30-57)50-51-43(46)34-64-38-18-16-37(17-19-38)54-23-25-55(26-24-54)65(59,60)52(3)4/h6-8,10-12,14-20,57H,5,9,13,21-34H2,1-4H3,(H,50,51). The molecule has 2 aliphatic rings. The number of ether oxygens (including phenoxy) is 4. The topological polar surface area (TPSA) is 155 Å². The molecule has 0 amide bonds. The van der Waals surface area contributed by atoms with E-state index < -0.39 is 10.2 Å². The molecule has 65 heavy (non-hydrogen) atoms. The van der Waals surface area contributed by atoms with Gasteiger partial charge in [-0.25, -0.2) is 4.79 Å². The van der Waals surface area contributed by atoms with Crippen LogP contribution in [-0.4, -0.2) is 141 Å². The number of morpholine rings is 1. The first-order valence-corrected chi connectivity index (χ1v) is 24.0. The first kappa shape index (κ1) is 46.1. The van der Waals surface area contributed by atoms with Gasteiger partial charge in [-0.3, -0.25) is 10.00 Å². The molecule has 4 aromatic carbocycles. The number of aliphatic hydroxyl groups is 1. The van der Waals surface area contributed by atoms with Crippen molar-refractivity contribution >= 4 is 43.5 Å². The molecule has 0 saturated carbocycles. The number of nitrogens with one attached hydrogen (secondary N) is 1. The predicted octanol–water partition coefficient (Wildman–Crippen LogP) is 6.06. The van der Waals surface area contributed by atoms with Crippen LogP contribution in [0.1, 0.15) is 46.3 Å². The van der Waals surface area contributed by atoms with Crippen molar-refractivity contribution < 1.29 is 37.3 Å². The van der Waals surface area contributed by atoms with Crippen LogP contribution in [0, 0.1) is 6.92 Å². The summed E-state index contributed by atoms with van der Waals surface area (Å²) in [6.07, 6.45) is 1.58. The van der Waals surface area contributed by atoms with Crippen LogP contribution in [-0.2, 0) is 45.7 Å². The van der Waals surface area contributed by atoms with Crippen LogP contribution in [0.3, 0.4) is 0 Å². The number of aryl methyl sites for hydroxylation is 2. The van der Waals surface area contributed by atoms with E-state index in [1.165, 1.54) is 8.61 Å². The number of carbonyl (C=O) groups is 1. The van der Waals surface area contributed by atoms with E-state index in [4.69, 9.17) is 24.0 Å². The number of aromatic amines is 1. The second-order valence-corrected chi connectivity index (χ2v) is 18.8. The average Bonchev–Trinajstić information content (AvgIpc) is 3.87. The molecular weight excluding hydrogens is 847 g/mol. The highest BCUT2D eigenvalue weighted by Crippen LogP contribution is 2.41. The quantitative estimate of drug-likeness (QED) is 0.0721. The molecular formula is C49H61N7O8S. The van der Waals surface area contributed by atoms with Gasteiger partial charge in [0.05, 0.1) is 31.9 Å². The molecule has 2 N–H and O–H groups in total. The fourth-order valence-corrected chi connectivity index (χ4v) is 10.2. The van der Waals surface area contributed by atoms with Crippen LogP contribution >= 0.6 is 0 Å². The molecule has 6 aromatic rings. The monoisotopic (exact) mass is 907 g/mol. The number of hydrogen-bond acceptors (Lipinski definition) is 11. The van der Waals surface area contributed by atoms with Gasteiger partial charge in [0.25, 0.3) is 10.2 Å². The maximum Gasteiger partial charge on any atom is 0.355 e. The average molecular weight is 908 g/mol. The van der Waals surface area contributed by atoms with Crippen LogP contribution in [0.4, 0.5) is 5.69 Å².